The molecule has 0 radical (unpaired) electrons. The number of aliphatic hydroxyl groups is 1. The number of rotatable bonds is 18. The number of nitrogens with zero attached hydrogens (tertiary/aromatic N) is 1. The molecule has 0 aliphatic heterocycles. The molecule has 0 saturated carbocycles. The van der Waals surface area contributed by atoms with Crippen molar-refractivity contribution in [2.24, 2.45) is 11.8 Å². The highest BCUT2D eigenvalue weighted by Crippen LogP contribution is 2.16. The summed E-state index contributed by atoms with van der Waals surface area (Å²) in [5.74, 6) is -1.74. The fourth-order valence-electron chi connectivity index (χ4n) is 5.83. The minimum absolute atomic E-state index is 0.0313. The molecule has 5 atom stereocenters. The lowest BCUT2D eigenvalue weighted by Crippen LogP contribution is -2.61. The number of hydrogen-bond acceptors (Lipinski definition) is 8. The Kier molecular flexibility index (Phi) is 16.0. The smallest absolute Gasteiger partial charge is 0.408 e. The van der Waals surface area contributed by atoms with Crippen LogP contribution in [-0.2, 0) is 45.1 Å². The molecule has 3 unspecified atom stereocenters. The molecule has 286 valence electrons. The normalized spacial score (nSPS) is 13.8. The zero-order valence-electron chi connectivity index (χ0n) is 31.2. The first-order valence-electron chi connectivity index (χ1n) is 18.2. The molecular weight excluding hydrogens is 686 g/mol. The molecule has 12 nitrogen and oxygen atoms in total. The number of benzene rings is 3. The van der Waals surface area contributed by atoms with Gasteiger partial charge in [0, 0.05) is 6.20 Å². The Labute approximate surface area is 317 Å². The molecule has 0 bridgehead atoms. The zero-order valence-corrected chi connectivity index (χ0v) is 31.2. The third-order valence-corrected chi connectivity index (χ3v) is 8.81. The number of aliphatic hydroxyl groups excluding tert-OH is 1. The van der Waals surface area contributed by atoms with E-state index in [-0.39, 0.29) is 37.9 Å². The molecule has 5 N–H and O–H groups in total. The van der Waals surface area contributed by atoms with E-state index in [1.54, 1.807) is 52.1 Å². The van der Waals surface area contributed by atoms with E-state index in [0.717, 1.165) is 16.7 Å². The fourth-order valence-corrected chi connectivity index (χ4v) is 5.83. The molecule has 4 amide bonds. The van der Waals surface area contributed by atoms with Gasteiger partial charge >= 0.3 is 12.2 Å². The summed E-state index contributed by atoms with van der Waals surface area (Å²) in [6.07, 6.45) is -0.857. The number of nitrogens with one attached hydrogen (secondary N) is 4. The summed E-state index contributed by atoms with van der Waals surface area (Å²) >= 11 is 0. The average molecular weight is 738 g/mol. The second-order valence-corrected chi connectivity index (χ2v) is 13.8. The predicted molar refractivity (Wildman–Crippen MR) is 205 cm³/mol. The van der Waals surface area contributed by atoms with Crippen LogP contribution in [0.1, 0.15) is 50.1 Å². The molecule has 0 aliphatic rings. The first kappa shape index (κ1) is 41.0. The van der Waals surface area contributed by atoms with Crippen LogP contribution in [0.25, 0.3) is 0 Å². The lowest BCUT2D eigenvalue weighted by Gasteiger charge is -2.34. The third-order valence-electron chi connectivity index (χ3n) is 8.81. The van der Waals surface area contributed by atoms with Gasteiger partial charge < -0.3 is 35.8 Å². The van der Waals surface area contributed by atoms with Crippen LogP contribution >= 0.6 is 0 Å². The third kappa shape index (κ3) is 13.3. The zero-order chi connectivity index (χ0) is 38.9. The van der Waals surface area contributed by atoms with Gasteiger partial charge in [0.2, 0.25) is 11.8 Å². The Morgan fingerprint density at radius 1 is 0.556 bits per heavy atom. The Hall–Kier alpha value is -5.75. The van der Waals surface area contributed by atoms with Gasteiger partial charge in [-0.15, -0.1) is 0 Å². The molecule has 0 saturated heterocycles. The van der Waals surface area contributed by atoms with Gasteiger partial charge in [0.25, 0.3) is 0 Å². The number of carbonyl (C=O) groups excluding carboxylic acids is 4. The van der Waals surface area contributed by atoms with Crippen molar-refractivity contribution in [3.05, 3.63) is 138 Å². The lowest BCUT2D eigenvalue weighted by atomic mass is 9.91. The summed E-state index contributed by atoms with van der Waals surface area (Å²) in [6.45, 7) is 7.12. The summed E-state index contributed by atoms with van der Waals surface area (Å²) in [7, 11) is 0. The average Bonchev–Trinajstić information content (AvgIpc) is 3.17. The van der Waals surface area contributed by atoms with E-state index in [1.165, 1.54) is 0 Å². The Morgan fingerprint density at radius 2 is 0.963 bits per heavy atom. The van der Waals surface area contributed by atoms with Crippen LogP contribution in [0.15, 0.2) is 115 Å². The van der Waals surface area contributed by atoms with Crippen molar-refractivity contribution in [1.82, 2.24) is 26.3 Å². The van der Waals surface area contributed by atoms with Crippen molar-refractivity contribution in [1.29, 1.82) is 0 Å². The minimum atomic E-state index is -1.32. The van der Waals surface area contributed by atoms with Gasteiger partial charge in [-0.25, -0.2) is 9.59 Å². The lowest BCUT2D eigenvalue weighted by molar-refractivity contribution is -0.126. The van der Waals surface area contributed by atoms with Crippen LogP contribution in [0.4, 0.5) is 9.59 Å². The van der Waals surface area contributed by atoms with Gasteiger partial charge in [0.15, 0.2) is 0 Å². The van der Waals surface area contributed by atoms with E-state index < -0.39 is 54.3 Å². The van der Waals surface area contributed by atoms with Gasteiger partial charge in [0.05, 0.1) is 23.9 Å². The van der Waals surface area contributed by atoms with E-state index >= 15 is 0 Å². The van der Waals surface area contributed by atoms with Crippen LogP contribution in [-0.4, -0.2) is 64.4 Å². The quantitative estimate of drug-likeness (QED) is 0.0941. The van der Waals surface area contributed by atoms with Crippen LogP contribution in [0.3, 0.4) is 0 Å². The van der Waals surface area contributed by atoms with Crippen LogP contribution < -0.4 is 21.3 Å². The van der Waals surface area contributed by atoms with Gasteiger partial charge in [-0.05, 0) is 53.5 Å². The molecule has 54 heavy (non-hydrogen) atoms. The molecule has 1 aromatic heterocycles. The molecule has 4 rings (SSSR count). The number of carbonyl (C=O) groups is 4. The minimum Gasteiger partial charge on any atom is -0.445 e. The van der Waals surface area contributed by atoms with E-state index in [2.05, 4.69) is 26.3 Å². The predicted octanol–water partition coefficient (Wildman–Crippen LogP) is 5.10. The molecule has 3 aromatic carbocycles. The highest BCUT2D eigenvalue weighted by Gasteiger charge is 2.35. The van der Waals surface area contributed by atoms with Crippen molar-refractivity contribution < 1.29 is 33.8 Å². The van der Waals surface area contributed by atoms with Crippen molar-refractivity contribution in [2.75, 3.05) is 0 Å². The molecule has 1 heterocycles. The number of hydrogen-bond donors (Lipinski definition) is 5. The number of pyridine rings is 1. The monoisotopic (exact) mass is 737 g/mol. The first-order chi connectivity index (χ1) is 26.0. The molecule has 0 aliphatic carbocycles. The number of aromatic nitrogens is 1. The van der Waals surface area contributed by atoms with Gasteiger partial charge in [0.1, 0.15) is 25.3 Å². The Balaban J connectivity index is 1.54. The van der Waals surface area contributed by atoms with Crippen molar-refractivity contribution >= 4 is 24.0 Å². The topological polar surface area (TPSA) is 168 Å². The molecular formula is C42H51N5O7. The molecule has 0 fully saturated rings. The maximum absolute atomic E-state index is 13.9. The molecule has 12 heteroatoms. The summed E-state index contributed by atoms with van der Waals surface area (Å²) in [5, 5.41) is 23.4. The number of ether oxygens (including phenoxy) is 2. The van der Waals surface area contributed by atoms with Crippen molar-refractivity contribution in [3.8, 4) is 0 Å². The van der Waals surface area contributed by atoms with E-state index in [1.807, 2.05) is 91.0 Å². The van der Waals surface area contributed by atoms with E-state index in [0.29, 0.717) is 5.69 Å². The SMILES string of the molecule is CC(C)[C@H](NC(=O)OCc1ccccc1)C(=O)NC(Cc1ccccc1)C(O)C(Cc1ccccc1)NC(=O)[C@@H](NC(=O)OCc1ccccn1)C(C)C. The maximum Gasteiger partial charge on any atom is 0.408 e. The second kappa shape index (κ2) is 21.1. The Bertz CT molecular complexity index is 1620. The van der Waals surface area contributed by atoms with Gasteiger partial charge in [-0.3, -0.25) is 14.6 Å². The summed E-state index contributed by atoms with van der Waals surface area (Å²) < 4.78 is 10.7. The first-order valence-corrected chi connectivity index (χ1v) is 18.2. The fraction of sp³-hybridized carbons (Fsp3) is 0.357. The molecule has 0 spiro atoms. The van der Waals surface area contributed by atoms with Crippen molar-refractivity contribution in [2.45, 2.75) is 84.0 Å². The van der Waals surface area contributed by atoms with E-state index in [4.69, 9.17) is 9.47 Å². The summed E-state index contributed by atoms with van der Waals surface area (Å²) in [4.78, 5) is 57.7. The summed E-state index contributed by atoms with van der Waals surface area (Å²) in [6, 6.07) is 29.3. The Morgan fingerprint density at radius 3 is 1.37 bits per heavy atom. The second-order valence-electron chi connectivity index (χ2n) is 13.8. The number of amides is 4. The van der Waals surface area contributed by atoms with E-state index in [9.17, 15) is 24.3 Å². The maximum atomic E-state index is 13.9. The van der Waals surface area contributed by atoms with Gasteiger partial charge in [-0.2, -0.15) is 0 Å². The van der Waals surface area contributed by atoms with Crippen LogP contribution in [0.2, 0.25) is 0 Å². The highest BCUT2D eigenvalue weighted by atomic mass is 16.6. The van der Waals surface area contributed by atoms with Crippen LogP contribution in [0, 0.1) is 11.8 Å². The number of alkyl carbamates (subject to hydrolysis) is 2. The molecule has 4 aromatic rings. The standard InChI is InChI=1S/C42H51N5O7/c1-28(2)36(46-41(51)53-26-32-20-12-7-13-21-32)39(49)44-34(24-30-16-8-5-9-17-30)38(48)35(25-31-18-10-6-11-19-31)45-40(50)37(29(3)4)47-42(52)54-27-33-22-14-15-23-43-33/h5-23,28-29,34-38,48H,24-27H2,1-4H3,(H,44,49)(H,45,50)(H,46,51)(H,47,52)/t34?,35?,36-,37-,38?/m0/s1. The largest absolute Gasteiger partial charge is 0.445 e. The van der Waals surface area contributed by atoms with Crippen molar-refractivity contribution in [3.63, 3.8) is 0 Å². The summed E-state index contributed by atoms with van der Waals surface area (Å²) in [5.41, 5.74) is 3.01. The highest BCUT2D eigenvalue weighted by molar-refractivity contribution is 5.87. The van der Waals surface area contributed by atoms with Crippen LogP contribution in [0.5, 0.6) is 0 Å². The van der Waals surface area contributed by atoms with Gasteiger partial charge in [-0.1, -0.05) is 125 Å².